The van der Waals surface area contributed by atoms with Gasteiger partial charge in [-0.25, -0.2) is 4.39 Å². The summed E-state index contributed by atoms with van der Waals surface area (Å²) in [6.45, 7) is 1.98. The standard InChI is InChI=1S/C17H16ClFN2O/c1-2-3-16(12-6-10-15(19)11-7-12)20-21-17(22)13-4-8-14(18)9-5-13/h3-11,20H,2H2,1H3,(H,21,22). The van der Waals surface area contributed by atoms with Crippen LogP contribution in [0.4, 0.5) is 4.39 Å². The first-order valence-corrected chi connectivity index (χ1v) is 7.26. The summed E-state index contributed by atoms with van der Waals surface area (Å²) in [5.41, 5.74) is 7.49. The van der Waals surface area contributed by atoms with Crippen molar-refractivity contribution in [2.24, 2.45) is 0 Å². The molecule has 2 aromatic carbocycles. The first kappa shape index (κ1) is 16.0. The lowest BCUT2D eigenvalue weighted by Gasteiger charge is -2.13. The van der Waals surface area contributed by atoms with Gasteiger partial charge in [0, 0.05) is 10.6 Å². The van der Waals surface area contributed by atoms with Crippen LogP contribution in [0.15, 0.2) is 54.6 Å². The van der Waals surface area contributed by atoms with Crippen LogP contribution in [-0.4, -0.2) is 5.91 Å². The molecule has 114 valence electrons. The number of carbonyl (C=O) groups excluding carboxylic acids is 1. The highest BCUT2D eigenvalue weighted by Crippen LogP contribution is 2.13. The maximum absolute atomic E-state index is 13.0. The van der Waals surface area contributed by atoms with E-state index in [4.69, 9.17) is 11.6 Å². The average molecular weight is 319 g/mol. The number of hydrogen-bond donors (Lipinski definition) is 2. The average Bonchev–Trinajstić information content (AvgIpc) is 2.53. The maximum Gasteiger partial charge on any atom is 0.269 e. The van der Waals surface area contributed by atoms with E-state index in [2.05, 4.69) is 10.9 Å². The van der Waals surface area contributed by atoms with Crippen LogP contribution in [-0.2, 0) is 0 Å². The van der Waals surface area contributed by atoms with Crippen LogP contribution in [0.2, 0.25) is 5.02 Å². The van der Waals surface area contributed by atoms with Crippen LogP contribution in [0.5, 0.6) is 0 Å². The Balaban J connectivity index is 2.06. The highest BCUT2D eigenvalue weighted by atomic mass is 35.5. The van der Waals surface area contributed by atoms with Gasteiger partial charge in [0.05, 0.1) is 5.70 Å². The Morgan fingerprint density at radius 2 is 1.64 bits per heavy atom. The molecule has 0 bridgehead atoms. The van der Waals surface area contributed by atoms with Gasteiger partial charge in [-0.15, -0.1) is 0 Å². The third kappa shape index (κ3) is 4.33. The van der Waals surface area contributed by atoms with Crippen LogP contribution in [0.25, 0.3) is 5.70 Å². The van der Waals surface area contributed by atoms with E-state index in [0.717, 1.165) is 12.0 Å². The normalized spacial score (nSPS) is 11.1. The van der Waals surface area contributed by atoms with Crippen molar-refractivity contribution in [2.75, 3.05) is 0 Å². The second-order valence-electron chi connectivity index (χ2n) is 4.62. The predicted molar refractivity (Wildman–Crippen MR) is 86.7 cm³/mol. The summed E-state index contributed by atoms with van der Waals surface area (Å²) in [4.78, 5) is 12.0. The van der Waals surface area contributed by atoms with E-state index >= 15 is 0 Å². The minimum atomic E-state index is -0.301. The van der Waals surface area contributed by atoms with Crippen molar-refractivity contribution in [2.45, 2.75) is 13.3 Å². The summed E-state index contributed by atoms with van der Waals surface area (Å²) in [6.07, 6.45) is 2.69. The fourth-order valence-corrected chi connectivity index (χ4v) is 2.00. The van der Waals surface area contributed by atoms with E-state index in [9.17, 15) is 9.18 Å². The lowest BCUT2D eigenvalue weighted by molar-refractivity contribution is 0.0942. The number of rotatable bonds is 5. The minimum Gasteiger partial charge on any atom is -0.298 e. The van der Waals surface area contributed by atoms with E-state index < -0.39 is 0 Å². The van der Waals surface area contributed by atoms with E-state index in [-0.39, 0.29) is 11.7 Å². The number of nitrogens with one attached hydrogen (secondary N) is 2. The molecule has 1 amide bonds. The number of allylic oxidation sites excluding steroid dienone is 1. The van der Waals surface area contributed by atoms with Crippen LogP contribution in [0.1, 0.15) is 29.3 Å². The van der Waals surface area contributed by atoms with E-state index in [0.29, 0.717) is 16.3 Å². The summed E-state index contributed by atoms with van der Waals surface area (Å²) in [5.74, 6) is -0.578. The molecule has 5 heteroatoms. The Morgan fingerprint density at radius 1 is 1.05 bits per heavy atom. The Bertz CT molecular complexity index is 666. The summed E-state index contributed by atoms with van der Waals surface area (Å²) in [6, 6.07) is 12.6. The molecule has 0 fully saturated rings. The first-order valence-electron chi connectivity index (χ1n) is 6.88. The molecule has 0 radical (unpaired) electrons. The van der Waals surface area contributed by atoms with Gasteiger partial charge in [-0.3, -0.25) is 15.6 Å². The SMILES string of the molecule is CCC=C(NNC(=O)c1ccc(Cl)cc1)c1ccc(F)cc1. The van der Waals surface area contributed by atoms with Gasteiger partial charge in [0.15, 0.2) is 0 Å². The Labute approximate surface area is 133 Å². The molecule has 22 heavy (non-hydrogen) atoms. The number of halogens is 2. The van der Waals surface area contributed by atoms with Crippen molar-refractivity contribution in [3.05, 3.63) is 76.6 Å². The summed E-state index contributed by atoms with van der Waals surface area (Å²) < 4.78 is 13.0. The minimum absolute atomic E-state index is 0.277. The largest absolute Gasteiger partial charge is 0.298 e. The second kappa shape index (κ2) is 7.61. The molecule has 0 unspecified atom stereocenters. The molecule has 0 heterocycles. The smallest absolute Gasteiger partial charge is 0.269 e. The predicted octanol–water partition coefficient (Wildman–Crippen LogP) is 4.16. The molecule has 2 aromatic rings. The maximum atomic E-state index is 13.0. The summed E-state index contributed by atoms with van der Waals surface area (Å²) in [5, 5.41) is 0.572. The molecule has 0 saturated carbocycles. The van der Waals surface area contributed by atoms with Crippen molar-refractivity contribution < 1.29 is 9.18 Å². The number of benzene rings is 2. The number of hydrazine groups is 1. The lowest BCUT2D eigenvalue weighted by Crippen LogP contribution is -2.36. The van der Waals surface area contributed by atoms with Gasteiger partial charge in [0.1, 0.15) is 5.82 Å². The van der Waals surface area contributed by atoms with Gasteiger partial charge in [-0.05, 0) is 60.5 Å². The van der Waals surface area contributed by atoms with Crippen molar-refractivity contribution in [3.8, 4) is 0 Å². The topological polar surface area (TPSA) is 41.1 Å². The molecule has 0 saturated heterocycles. The summed E-state index contributed by atoms with van der Waals surface area (Å²) >= 11 is 5.79. The number of amides is 1. The zero-order valence-corrected chi connectivity index (χ0v) is 12.8. The van der Waals surface area contributed by atoms with E-state index in [1.54, 1.807) is 36.4 Å². The van der Waals surface area contributed by atoms with Crippen LogP contribution in [0, 0.1) is 5.82 Å². The molecule has 0 aliphatic carbocycles. The zero-order valence-electron chi connectivity index (χ0n) is 12.1. The quantitative estimate of drug-likeness (QED) is 0.813. The van der Waals surface area contributed by atoms with Crippen LogP contribution >= 0.6 is 11.6 Å². The second-order valence-corrected chi connectivity index (χ2v) is 5.06. The number of hydrogen-bond acceptors (Lipinski definition) is 2. The van der Waals surface area contributed by atoms with Crippen molar-refractivity contribution in [1.82, 2.24) is 10.9 Å². The molecular weight excluding hydrogens is 303 g/mol. The monoisotopic (exact) mass is 318 g/mol. The molecule has 3 nitrogen and oxygen atoms in total. The molecule has 0 spiro atoms. The number of carbonyl (C=O) groups is 1. The Hall–Kier alpha value is -2.33. The van der Waals surface area contributed by atoms with Crippen LogP contribution < -0.4 is 10.9 Å². The van der Waals surface area contributed by atoms with Gasteiger partial charge in [0.2, 0.25) is 0 Å². The molecule has 0 aliphatic rings. The lowest BCUT2D eigenvalue weighted by atomic mass is 10.1. The summed E-state index contributed by atoms with van der Waals surface area (Å²) in [7, 11) is 0. The van der Waals surface area contributed by atoms with Crippen molar-refractivity contribution in [1.29, 1.82) is 0 Å². The first-order chi connectivity index (χ1) is 10.6. The highest BCUT2D eigenvalue weighted by Gasteiger charge is 2.07. The van der Waals surface area contributed by atoms with Gasteiger partial charge in [-0.1, -0.05) is 24.6 Å². The molecule has 0 atom stereocenters. The van der Waals surface area contributed by atoms with Crippen LogP contribution in [0.3, 0.4) is 0 Å². The Morgan fingerprint density at radius 3 is 2.23 bits per heavy atom. The van der Waals surface area contributed by atoms with Crippen molar-refractivity contribution >= 4 is 23.2 Å². The molecule has 0 aliphatic heterocycles. The highest BCUT2D eigenvalue weighted by molar-refractivity contribution is 6.30. The fourth-order valence-electron chi connectivity index (χ4n) is 1.87. The van der Waals surface area contributed by atoms with Gasteiger partial charge >= 0.3 is 0 Å². The van der Waals surface area contributed by atoms with E-state index in [1.165, 1.54) is 12.1 Å². The molecule has 2 rings (SSSR count). The fraction of sp³-hybridized carbons (Fsp3) is 0.118. The molecular formula is C17H16ClFN2O. The zero-order chi connectivity index (χ0) is 15.9. The molecule has 0 aromatic heterocycles. The van der Waals surface area contributed by atoms with Gasteiger partial charge < -0.3 is 0 Å². The van der Waals surface area contributed by atoms with Crippen molar-refractivity contribution in [3.63, 3.8) is 0 Å². The van der Waals surface area contributed by atoms with Gasteiger partial charge in [0.25, 0.3) is 5.91 Å². The Kier molecular flexibility index (Phi) is 5.55. The van der Waals surface area contributed by atoms with Gasteiger partial charge in [-0.2, -0.15) is 0 Å². The molecule has 2 N–H and O–H groups in total. The third-order valence-electron chi connectivity index (χ3n) is 2.98. The van der Waals surface area contributed by atoms with E-state index in [1.807, 2.05) is 13.0 Å². The third-order valence-corrected chi connectivity index (χ3v) is 3.23.